The summed E-state index contributed by atoms with van der Waals surface area (Å²) in [5, 5.41) is 10.3. The Kier molecular flexibility index (Phi) is 3.06. The topological polar surface area (TPSA) is 12.9 Å². The molecule has 0 N–H and O–H groups in total. The second-order valence-corrected chi connectivity index (χ2v) is 8.06. The van der Waals surface area contributed by atoms with Gasteiger partial charge in [-0.2, -0.15) is 0 Å². The summed E-state index contributed by atoms with van der Waals surface area (Å²) in [6.45, 7) is 0. The van der Waals surface area contributed by atoms with E-state index in [1.54, 1.807) is 0 Å². The largest absolute Gasteiger partial charge is 0.248 e. The summed E-state index contributed by atoms with van der Waals surface area (Å²) in [5.41, 5.74) is 4.59. The van der Waals surface area contributed by atoms with Crippen molar-refractivity contribution in [2.75, 3.05) is 0 Å². The van der Waals surface area contributed by atoms with E-state index in [1.807, 2.05) is 6.07 Å². The van der Waals surface area contributed by atoms with Crippen molar-refractivity contribution in [1.82, 2.24) is 4.98 Å². The molecule has 0 aliphatic rings. The van der Waals surface area contributed by atoms with E-state index in [9.17, 15) is 0 Å². The van der Waals surface area contributed by atoms with Crippen LogP contribution in [0.4, 0.5) is 0 Å². The highest BCUT2D eigenvalue weighted by Gasteiger charge is 2.12. The molecule has 7 rings (SSSR count). The van der Waals surface area contributed by atoms with Gasteiger partial charge in [0.1, 0.15) is 0 Å². The molecule has 0 aliphatic carbocycles. The van der Waals surface area contributed by atoms with E-state index in [0.717, 1.165) is 11.0 Å². The second-order valence-electron chi connectivity index (χ2n) is 8.06. The molecule has 30 heavy (non-hydrogen) atoms. The minimum atomic E-state index is 1.04. The van der Waals surface area contributed by atoms with Crippen LogP contribution in [0.2, 0.25) is 0 Å². The number of aromatic nitrogens is 1. The zero-order chi connectivity index (χ0) is 19.7. The van der Waals surface area contributed by atoms with E-state index in [4.69, 9.17) is 4.98 Å². The standard InChI is InChI=1S/C29H17N/c1-2-7-26-22(4-1)17-23-16-21(12-15-27(23)30-26)24-13-10-20-9-8-18-5-3-6-19-11-14-25(24)29(20)28(18)19/h1-17H. The van der Waals surface area contributed by atoms with Crippen molar-refractivity contribution >= 4 is 54.1 Å². The third-order valence-corrected chi connectivity index (χ3v) is 6.36. The molecule has 1 heteroatoms. The quantitative estimate of drug-likeness (QED) is 0.208. The molecule has 1 aromatic heterocycles. The fourth-order valence-corrected chi connectivity index (χ4v) is 4.94. The lowest BCUT2D eigenvalue weighted by molar-refractivity contribution is 1.50. The Labute approximate surface area is 173 Å². The van der Waals surface area contributed by atoms with Crippen molar-refractivity contribution < 1.29 is 0 Å². The van der Waals surface area contributed by atoms with Crippen LogP contribution in [-0.2, 0) is 0 Å². The SMILES string of the molecule is c1ccc2nc3ccc(-c4ccc5ccc6cccc7ccc4c5c67)cc3cc2c1. The minimum absolute atomic E-state index is 1.04. The number of fused-ring (bicyclic) bond motifs is 2. The normalized spacial score (nSPS) is 12.0. The van der Waals surface area contributed by atoms with Gasteiger partial charge >= 0.3 is 0 Å². The number of rotatable bonds is 1. The van der Waals surface area contributed by atoms with Gasteiger partial charge < -0.3 is 0 Å². The van der Waals surface area contributed by atoms with E-state index in [2.05, 4.69) is 97.1 Å². The van der Waals surface area contributed by atoms with Crippen LogP contribution in [0, 0.1) is 0 Å². The van der Waals surface area contributed by atoms with Gasteiger partial charge in [0.05, 0.1) is 11.0 Å². The molecular formula is C29H17N. The summed E-state index contributed by atoms with van der Waals surface area (Å²) in [6, 6.07) is 37.3. The molecule has 0 unspecified atom stereocenters. The Hall–Kier alpha value is -3.97. The lowest BCUT2D eigenvalue weighted by Gasteiger charge is -2.14. The number of benzene rings is 6. The summed E-state index contributed by atoms with van der Waals surface area (Å²) in [7, 11) is 0. The van der Waals surface area contributed by atoms with E-state index in [0.29, 0.717) is 0 Å². The first-order valence-electron chi connectivity index (χ1n) is 10.3. The molecule has 0 saturated heterocycles. The third-order valence-electron chi connectivity index (χ3n) is 6.36. The highest BCUT2D eigenvalue weighted by Crippen LogP contribution is 2.39. The Bertz CT molecular complexity index is 1730. The molecule has 0 amide bonds. The molecule has 7 aromatic rings. The third kappa shape index (κ3) is 2.15. The molecule has 0 atom stereocenters. The van der Waals surface area contributed by atoms with Gasteiger partial charge in [-0.3, -0.25) is 0 Å². The first-order valence-corrected chi connectivity index (χ1v) is 10.3. The van der Waals surface area contributed by atoms with Crippen LogP contribution in [0.25, 0.3) is 65.3 Å². The Balaban J connectivity index is 1.55. The van der Waals surface area contributed by atoms with Crippen molar-refractivity contribution in [3.05, 3.63) is 103 Å². The maximum absolute atomic E-state index is 4.84. The van der Waals surface area contributed by atoms with Gasteiger partial charge in [0.2, 0.25) is 0 Å². The van der Waals surface area contributed by atoms with Crippen LogP contribution in [0.15, 0.2) is 103 Å². The number of para-hydroxylation sites is 1. The highest BCUT2D eigenvalue weighted by molar-refractivity contribution is 6.25. The summed E-state index contributed by atoms with van der Waals surface area (Å²) in [4.78, 5) is 4.84. The van der Waals surface area contributed by atoms with Crippen molar-refractivity contribution in [2.24, 2.45) is 0 Å². The minimum Gasteiger partial charge on any atom is -0.248 e. The summed E-state index contributed by atoms with van der Waals surface area (Å²) >= 11 is 0. The smallest absolute Gasteiger partial charge is 0.0710 e. The second kappa shape index (κ2) is 5.77. The van der Waals surface area contributed by atoms with Gasteiger partial charge in [-0.1, -0.05) is 78.9 Å². The zero-order valence-electron chi connectivity index (χ0n) is 16.3. The van der Waals surface area contributed by atoms with Crippen LogP contribution in [-0.4, -0.2) is 4.98 Å². The van der Waals surface area contributed by atoms with Crippen LogP contribution in [0.1, 0.15) is 0 Å². The Morgan fingerprint density at radius 2 is 1.13 bits per heavy atom. The van der Waals surface area contributed by atoms with Gasteiger partial charge in [-0.15, -0.1) is 0 Å². The van der Waals surface area contributed by atoms with E-state index < -0.39 is 0 Å². The maximum atomic E-state index is 4.84. The molecule has 0 saturated carbocycles. The highest BCUT2D eigenvalue weighted by atomic mass is 14.7. The predicted octanol–water partition coefficient (Wildman–Crippen LogP) is 7.95. The average molecular weight is 379 g/mol. The molecule has 6 aromatic carbocycles. The number of hydrogen-bond donors (Lipinski definition) is 0. The first kappa shape index (κ1) is 15.9. The summed E-state index contributed by atoms with van der Waals surface area (Å²) in [5.74, 6) is 0. The van der Waals surface area contributed by atoms with Crippen LogP contribution < -0.4 is 0 Å². The fraction of sp³-hybridized carbons (Fsp3) is 0. The number of hydrogen-bond acceptors (Lipinski definition) is 1. The van der Waals surface area contributed by atoms with Gasteiger partial charge in [0.25, 0.3) is 0 Å². The molecule has 0 radical (unpaired) electrons. The molecule has 0 bridgehead atoms. The predicted molar refractivity (Wildman–Crippen MR) is 128 cm³/mol. The van der Waals surface area contributed by atoms with E-state index in [-0.39, 0.29) is 0 Å². The molecule has 1 nitrogen and oxygen atoms in total. The number of nitrogens with zero attached hydrogens (tertiary/aromatic N) is 1. The zero-order valence-corrected chi connectivity index (χ0v) is 16.3. The van der Waals surface area contributed by atoms with Crippen molar-refractivity contribution in [2.45, 2.75) is 0 Å². The Morgan fingerprint density at radius 3 is 2.03 bits per heavy atom. The van der Waals surface area contributed by atoms with Crippen LogP contribution in [0.3, 0.4) is 0 Å². The van der Waals surface area contributed by atoms with Crippen molar-refractivity contribution in [3.8, 4) is 11.1 Å². The Morgan fingerprint density at radius 1 is 0.433 bits per heavy atom. The molecule has 1 heterocycles. The van der Waals surface area contributed by atoms with Gasteiger partial charge in [0, 0.05) is 10.8 Å². The molecule has 0 spiro atoms. The van der Waals surface area contributed by atoms with E-state index >= 15 is 0 Å². The summed E-state index contributed by atoms with van der Waals surface area (Å²) < 4.78 is 0. The van der Waals surface area contributed by atoms with E-state index in [1.165, 1.54) is 54.2 Å². The van der Waals surface area contributed by atoms with Crippen molar-refractivity contribution in [3.63, 3.8) is 0 Å². The molecular weight excluding hydrogens is 362 g/mol. The average Bonchev–Trinajstić information content (AvgIpc) is 2.81. The first-order chi connectivity index (χ1) is 14.8. The molecule has 0 aliphatic heterocycles. The molecule has 138 valence electrons. The maximum Gasteiger partial charge on any atom is 0.0710 e. The monoisotopic (exact) mass is 379 g/mol. The van der Waals surface area contributed by atoms with Gasteiger partial charge in [-0.05, 0) is 67.7 Å². The lowest BCUT2D eigenvalue weighted by Crippen LogP contribution is -1.88. The van der Waals surface area contributed by atoms with Crippen LogP contribution in [0.5, 0.6) is 0 Å². The van der Waals surface area contributed by atoms with Gasteiger partial charge in [-0.25, -0.2) is 4.98 Å². The fourth-order valence-electron chi connectivity index (χ4n) is 4.94. The molecule has 0 fully saturated rings. The van der Waals surface area contributed by atoms with Gasteiger partial charge in [0.15, 0.2) is 0 Å². The lowest BCUT2D eigenvalue weighted by atomic mass is 9.89. The summed E-state index contributed by atoms with van der Waals surface area (Å²) in [6.07, 6.45) is 0. The number of pyridine rings is 1. The van der Waals surface area contributed by atoms with Crippen LogP contribution >= 0.6 is 0 Å². The van der Waals surface area contributed by atoms with Crippen molar-refractivity contribution in [1.29, 1.82) is 0 Å².